The molecule has 0 aliphatic heterocycles. The van der Waals surface area contributed by atoms with Crippen LogP contribution in [0.2, 0.25) is 0 Å². The summed E-state index contributed by atoms with van der Waals surface area (Å²) in [7, 11) is 0. The summed E-state index contributed by atoms with van der Waals surface area (Å²) in [6.45, 7) is 9.51. The van der Waals surface area contributed by atoms with E-state index in [-0.39, 0.29) is 22.3 Å². The van der Waals surface area contributed by atoms with Crippen molar-refractivity contribution in [2.24, 2.45) is 0 Å². The van der Waals surface area contributed by atoms with E-state index in [0.29, 0.717) is 0 Å². The van der Waals surface area contributed by atoms with Crippen molar-refractivity contribution >= 4 is 5.57 Å². The molecular formula is C16H26. The first-order valence-electron chi connectivity index (χ1n) is 4.30. The van der Waals surface area contributed by atoms with Crippen molar-refractivity contribution in [2.45, 2.75) is 29.2 Å². The van der Waals surface area contributed by atoms with Crippen LogP contribution in [0, 0.1) is 6.92 Å². The van der Waals surface area contributed by atoms with E-state index >= 15 is 0 Å². The van der Waals surface area contributed by atoms with Gasteiger partial charge in [0, 0.05) is 0 Å². The minimum atomic E-state index is 0. The van der Waals surface area contributed by atoms with Crippen LogP contribution in [0.25, 0.3) is 5.57 Å². The minimum absolute atomic E-state index is 0. The maximum absolute atomic E-state index is 3.76. The molecule has 0 fully saturated rings. The zero-order valence-corrected chi connectivity index (χ0v) is 7.96. The molecule has 0 unspecified atom stereocenters. The number of benzene rings is 1. The first-order valence-corrected chi connectivity index (χ1v) is 4.30. The maximum atomic E-state index is 3.76. The molecule has 0 N–H and O–H groups in total. The van der Waals surface area contributed by atoms with Gasteiger partial charge in [0.15, 0.2) is 0 Å². The Hall–Kier alpha value is -1.56. The third kappa shape index (κ3) is 5.35. The van der Waals surface area contributed by atoms with Crippen molar-refractivity contribution < 1.29 is 0 Å². The average Bonchev–Trinajstić information content (AvgIpc) is 2.16. The van der Waals surface area contributed by atoms with Crippen LogP contribution in [0.5, 0.6) is 0 Å². The Balaban J connectivity index is -0.000000563. The fourth-order valence-electron chi connectivity index (χ4n) is 1.16. The summed E-state index contributed by atoms with van der Waals surface area (Å²) in [6, 6.07) is 8.37. The normalized spacial score (nSPS) is 8.94. The Labute approximate surface area is 102 Å². The molecule has 0 aromatic heterocycles. The van der Waals surface area contributed by atoms with E-state index in [0.717, 1.165) is 5.57 Å². The molecule has 0 amide bonds. The van der Waals surface area contributed by atoms with Gasteiger partial charge in [-0.3, -0.25) is 0 Å². The smallest absolute Gasteiger partial charge is 0.0184 e. The van der Waals surface area contributed by atoms with Crippen molar-refractivity contribution in [3.05, 3.63) is 66.8 Å². The highest BCUT2D eigenvalue weighted by Gasteiger charge is 1.94. The molecule has 0 aliphatic carbocycles. The summed E-state index contributed by atoms with van der Waals surface area (Å²) in [6.07, 6.45) is 5.57. The predicted molar refractivity (Wildman–Crippen MR) is 79.7 cm³/mol. The summed E-state index contributed by atoms with van der Waals surface area (Å²) in [5, 5.41) is 0. The lowest BCUT2D eigenvalue weighted by Crippen LogP contribution is -1.80. The van der Waals surface area contributed by atoms with Crippen molar-refractivity contribution in [3.63, 3.8) is 0 Å². The van der Waals surface area contributed by atoms with E-state index in [4.69, 9.17) is 0 Å². The summed E-state index contributed by atoms with van der Waals surface area (Å²) < 4.78 is 0. The van der Waals surface area contributed by atoms with Gasteiger partial charge in [-0.25, -0.2) is 0 Å². The largest absolute Gasteiger partial charge is 0.0990 e. The molecule has 16 heavy (non-hydrogen) atoms. The van der Waals surface area contributed by atoms with Crippen LogP contribution in [0.4, 0.5) is 0 Å². The maximum Gasteiger partial charge on any atom is -0.0184 e. The number of hydrogen-bond donors (Lipinski definition) is 0. The van der Waals surface area contributed by atoms with Crippen molar-refractivity contribution in [1.29, 1.82) is 0 Å². The van der Waals surface area contributed by atoms with E-state index in [9.17, 15) is 0 Å². The van der Waals surface area contributed by atoms with E-state index in [2.05, 4.69) is 44.3 Å². The van der Waals surface area contributed by atoms with E-state index in [1.807, 2.05) is 12.2 Å². The topological polar surface area (TPSA) is 0 Å². The Morgan fingerprint density at radius 1 is 1.00 bits per heavy atom. The fourth-order valence-corrected chi connectivity index (χ4v) is 1.16. The monoisotopic (exact) mass is 218 g/mol. The second kappa shape index (κ2) is 9.97. The average molecular weight is 218 g/mol. The van der Waals surface area contributed by atoms with Gasteiger partial charge >= 0.3 is 0 Å². The van der Waals surface area contributed by atoms with E-state index < -0.39 is 0 Å². The van der Waals surface area contributed by atoms with Crippen molar-refractivity contribution in [1.82, 2.24) is 0 Å². The minimum Gasteiger partial charge on any atom is -0.0990 e. The number of rotatable bonds is 3. The fraction of sp³-hybridized carbons (Fsp3) is 0.250. The molecule has 0 aliphatic rings. The van der Waals surface area contributed by atoms with Crippen LogP contribution in [-0.4, -0.2) is 0 Å². The van der Waals surface area contributed by atoms with Gasteiger partial charge in [-0.05, 0) is 18.1 Å². The summed E-state index contributed by atoms with van der Waals surface area (Å²) >= 11 is 0. The van der Waals surface area contributed by atoms with Gasteiger partial charge in [-0.15, -0.1) is 0 Å². The molecule has 0 bridgehead atoms. The van der Waals surface area contributed by atoms with Crippen LogP contribution >= 0.6 is 0 Å². The Morgan fingerprint density at radius 2 is 1.50 bits per heavy atom. The molecule has 90 valence electrons. The number of aryl methyl sites for hydroxylation is 1. The van der Waals surface area contributed by atoms with Crippen LogP contribution in [-0.2, 0) is 0 Å². The lowest BCUT2D eigenvalue weighted by atomic mass is 10.0. The third-order valence-electron chi connectivity index (χ3n) is 1.90. The number of allylic oxidation sites excluding steroid dienone is 4. The first-order chi connectivity index (χ1) is 6.27. The second-order valence-electron chi connectivity index (χ2n) is 2.93. The van der Waals surface area contributed by atoms with Gasteiger partial charge in [0.1, 0.15) is 0 Å². The van der Waals surface area contributed by atoms with Gasteiger partial charge in [-0.2, -0.15) is 0 Å². The van der Waals surface area contributed by atoms with Gasteiger partial charge in [0.25, 0.3) is 0 Å². The molecule has 0 nitrogen and oxygen atoms in total. The number of hydrogen-bond acceptors (Lipinski definition) is 0. The molecule has 0 saturated heterocycles. The molecular weight excluding hydrogens is 192 g/mol. The van der Waals surface area contributed by atoms with Crippen LogP contribution in [0.3, 0.4) is 0 Å². The molecule has 0 saturated carbocycles. The zero-order valence-electron chi connectivity index (χ0n) is 7.96. The Kier molecular flexibility index (Phi) is 12.4. The molecule has 0 spiro atoms. The quantitative estimate of drug-likeness (QED) is 0.574. The van der Waals surface area contributed by atoms with E-state index in [1.165, 1.54) is 11.1 Å². The SMILES string of the molecule is C.C.C.C=C/C=C(\C=C)c1ccc(C)cc1. The van der Waals surface area contributed by atoms with Gasteiger partial charge in [-0.1, -0.05) is 83.5 Å². The molecule has 1 rings (SSSR count). The predicted octanol–water partition coefficient (Wildman–Crippen LogP) is 5.66. The summed E-state index contributed by atoms with van der Waals surface area (Å²) in [4.78, 5) is 0. The van der Waals surface area contributed by atoms with Crippen molar-refractivity contribution in [2.75, 3.05) is 0 Å². The van der Waals surface area contributed by atoms with Gasteiger partial charge < -0.3 is 0 Å². The van der Waals surface area contributed by atoms with Crippen LogP contribution in [0.15, 0.2) is 55.7 Å². The second-order valence-corrected chi connectivity index (χ2v) is 2.93. The lowest BCUT2D eigenvalue weighted by molar-refractivity contribution is 1.45. The lowest BCUT2D eigenvalue weighted by Gasteiger charge is -2.01. The van der Waals surface area contributed by atoms with E-state index in [1.54, 1.807) is 6.08 Å². The summed E-state index contributed by atoms with van der Waals surface area (Å²) in [5.41, 5.74) is 3.56. The first kappa shape index (κ1) is 19.9. The Bertz CT molecular complexity index is 326. The third-order valence-corrected chi connectivity index (χ3v) is 1.90. The van der Waals surface area contributed by atoms with Crippen LogP contribution < -0.4 is 0 Å². The van der Waals surface area contributed by atoms with Gasteiger partial charge in [0.2, 0.25) is 0 Å². The molecule has 1 aromatic rings. The Morgan fingerprint density at radius 3 is 1.88 bits per heavy atom. The van der Waals surface area contributed by atoms with Crippen molar-refractivity contribution in [3.8, 4) is 0 Å². The highest BCUT2D eigenvalue weighted by atomic mass is 14.0. The molecule has 1 aromatic carbocycles. The molecule has 0 heterocycles. The highest BCUT2D eigenvalue weighted by Crippen LogP contribution is 2.15. The highest BCUT2D eigenvalue weighted by molar-refractivity contribution is 5.74. The van der Waals surface area contributed by atoms with Gasteiger partial charge in [0.05, 0.1) is 0 Å². The molecule has 0 radical (unpaired) electrons. The standard InChI is InChI=1S/C13H14.3CH4/c1-4-6-12(5-2)13-9-7-11(3)8-10-13;;;/h4-10H,1-2H2,3H3;3*1H4/b12-6+;;;. The molecule has 0 heteroatoms. The van der Waals surface area contributed by atoms with Crippen LogP contribution in [0.1, 0.15) is 33.4 Å². The summed E-state index contributed by atoms with van der Waals surface area (Å²) in [5.74, 6) is 0. The molecule has 0 atom stereocenters. The zero-order chi connectivity index (χ0) is 9.68.